The summed E-state index contributed by atoms with van der Waals surface area (Å²) in [5.74, 6) is 1.38. The van der Waals surface area contributed by atoms with Crippen LogP contribution in [0, 0.1) is 11.8 Å². The molecule has 6 heteroatoms. The van der Waals surface area contributed by atoms with E-state index in [4.69, 9.17) is 24.4 Å². The van der Waals surface area contributed by atoms with Gasteiger partial charge in [-0.2, -0.15) is 0 Å². The quantitative estimate of drug-likeness (QED) is 0.347. The normalized spacial score (nSPS) is 28.3. The fraction of sp³-hybridized carbons (Fsp3) is 0.667. The Morgan fingerprint density at radius 2 is 1.83 bits per heavy atom. The topological polar surface area (TPSA) is 48.1 Å². The molecule has 4 N–H and O–H groups in total. The summed E-state index contributed by atoms with van der Waals surface area (Å²) in [5, 5.41) is 7.58. The van der Waals surface area contributed by atoms with Crippen LogP contribution in [0.2, 0.25) is 0 Å². The highest BCUT2D eigenvalue weighted by atomic mass is 32.1. The lowest BCUT2D eigenvalue weighted by Crippen LogP contribution is -2.53. The Labute approximate surface area is 119 Å². The summed E-state index contributed by atoms with van der Waals surface area (Å²) in [4.78, 5) is 0. The van der Waals surface area contributed by atoms with Gasteiger partial charge in [0.2, 0.25) is 0 Å². The molecule has 18 heavy (non-hydrogen) atoms. The van der Waals surface area contributed by atoms with Gasteiger partial charge in [0, 0.05) is 12.1 Å². The number of nitrogens with one attached hydrogen (secondary N) is 4. The van der Waals surface area contributed by atoms with Crippen molar-refractivity contribution in [2.75, 3.05) is 0 Å². The molecule has 0 amide bonds. The van der Waals surface area contributed by atoms with Crippen molar-refractivity contribution in [2.45, 2.75) is 38.8 Å². The number of fused-ring (bicyclic) bond motifs is 2. The predicted octanol–water partition coefficient (Wildman–Crippen LogP) is 1.20. The number of thiocarbonyl (C=S) groups is 2. The van der Waals surface area contributed by atoms with Crippen molar-refractivity contribution in [1.29, 1.82) is 0 Å². The minimum Gasteiger partial charge on any atom is -0.359 e. The van der Waals surface area contributed by atoms with Gasteiger partial charge in [-0.3, -0.25) is 10.9 Å². The van der Waals surface area contributed by atoms with Crippen LogP contribution in [0.25, 0.3) is 0 Å². The second kappa shape index (κ2) is 5.84. The maximum absolute atomic E-state index is 5.24. The number of rotatable bonds is 2. The van der Waals surface area contributed by atoms with E-state index in [1.165, 1.54) is 12.8 Å². The molecule has 0 aromatic carbocycles. The Kier molecular flexibility index (Phi) is 4.40. The Morgan fingerprint density at radius 1 is 1.11 bits per heavy atom. The van der Waals surface area contributed by atoms with Crippen LogP contribution in [0.4, 0.5) is 0 Å². The van der Waals surface area contributed by atoms with Crippen molar-refractivity contribution in [3.63, 3.8) is 0 Å². The fourth-order valence-corrected chi connectivity index (χ4v) is 3.05. The molecule has 0 radical (unpaired) electrons. The van der Waals surface area contributed by atoms with Crippen molar-refractivity contribution in [2.24, 2.45) is 11.8 Å². The molecule has 0 spiro atoms. The molecule has 1 saturated carbocycles. The summed E-state index contributed by atoms with van der Waals surface area (Å²) < 4.78 is 0. The number of hydrogen-bond acceptors (Lipinski definition) is 2. The van der Waals surface area contributed by atoms with Gasteiger partial charge in [0.1, 0.15) is 0 Å². The molecule has 0 aromatic heterocycles. The van der Waals surface area contributed by atoms with Crippen LogP contribution in [0.3, 0.4) is 0 Å². The molecule has 0 aliphatic heterocycles. The van der Waals surface area contributed by atoms with E-state index in [1.54, 1.807) is 0 Å². The molecule has 0 heterocycles. The standard InChI is InChI=1S/C12H20N4S2/c1-7(2)13-11(17)15-16-12(18)14-10-6-8-3-4-9(10)5-8/h3-4,7-10H,5-6H2,1-2H3,(H2,13,15,17)(H2,14,16,18)/t8-,9-,10+/m1/s1. The van der Waals surface area contributed by atoms with E-state index in [0.717, 1.165) is 5.92 Å². The molecule has 100 valence electrons. The first-order valence-electron chi connectivity index (χ1n) is 6.36. The Morgan fingerprint density at radius 3 is 2.39 bits per heavy atom. The monoisotopic (exact) mass is 284 g/mol. The summed E-state index contributed by atoms with van der Waals surface area (Å²) in [5.41, 5.74) is 5.80. The van der Waals surface area contributed by atoms with E-state index >= 15 is 0 Å². The first-order chi connectivity index (χ1) is 8.54. The van der Waals surface area contributed by atoms with Crippen molar-refractivity contribution < 1.29 is 0 Å². The Bertz CT molecular complexity index is 367. The first kappa shape index (κ1) is 13.5. The van der Waals surface area contributed by atoms with Crippen LogP contribution in [0.5, 0.6) is 0 Å². The van der Waals surface area contributed by atoms with Crippen LogP contribution in [0.15, 0.2) is 12.2 Å². The lowest BCUT2D eigenvalue weighted by atomic mass is 10.0. The summed E-state index contributed by atoms with van der Waals surface area (Å²) in [6, 6.07) is 0.775. The number of hydrazine groups is 1. The second-order valence-electron chi connectivity index (χ2n) is 5.24. The molecule has 1 fully saturated rings. The van der Waals surface area contributed by atoms with Crippen LogP contribution in [-0.4, -0.2) is 22.3 Å². The van der Waals surface area contributed by atoms with Crippen LogP contribution in [-0.2, 0) is 0 Å². The predicted molar refractivity (Wildman–Crippen MR) is 82.0 cm³/mol. The molecule has 2 rings (SSSR count). The molecule has 2 aliphatic rings. The van der Waals surface area contributed by atoms with Gasteiger partial charge in [-0.1, -0.05) is 12.2 Å². The van der Waals surface area contributed by atoms with Gasteiger partial charge in [-0.25, -0.2) is 0 Å². The minimum atomic E-state index is 0.309. The van der Waals surface area contributed by atoms with Crippen molar-refractivity contribution in [3.8, 4) is 0 Å². The van der Waals surface area contributed by atoms with Crippen LogP contribution >= 0.6 is 24.4 Å². The van der Waals surface area contributed by atoms with Gasteiger partial charge in [0.05, 0.1) is 0 Å². The molecule has 2 aliphatic carbocycles. The molecular weight excluding hydrogens is 264 g/mol. The summed E-state index contributed by atoms with van der Waals surface area (Å²) in [6.07, 6.45) is 7.06. The average Bonchev–Trinajstić information content (AvgIpc) is 2.87. The molecule has 0 unspecified atom stereocenters. The van der Waals surface area contributed by atoms with Gasteiger partial charge in [0.15, 0.2) is 10.2 Å². The molecule has 3 atom stereocenters. The van der Waals surface area contributed by atoms with E-state index < -0.39 is 0 Å². The summed E-state index contributed by atoms with van der Waals surface area (Å²) in [6.45, 7) is 4.07. The van der Waals surface area contributed by atoms with E-state index in [1.807, 2.05) is 13.8 Å². The number of allylic oxidation sites excluding steroid dienone is 1. The number of hydrogen-bond donors (Lipinski definition) is 4. The average molecular weight is 284 g/mol. The molecule has 0 aromatic rings. The SMILES string of the molecule is CC(C)NC(=S)NNC(=S)N[C@H]1C[C@@H]2C=C[C@@H]1C2. The van der Waals surface area contributed by atoms with Crippen molar-refractivity contribution in [1.82, 2.24) is 21.5 Å². The summed E-state index contributed by atoms with van der Waals surface area (Å²) >= 11 is 10.3. The highest BCUT2D eigenvalue weighted by molar-refractivity contribution is 7.80. The Hall–Kier alpha value is -0.880. The molecule has 2 bridgehead atoms. The van der Waals surface area contributed by atoms with Crippen LogP contribution < -0.4 is 21.5 Å². The fourth-order valence-electron chi connectivity index (χ4n) is 2.56. The van der Waals surface area contributed by atoms with Crippen LogP contribution in [0.1, 0.15) is 26.7 Å². The van der Waals surface area contributed by atoms with Gasteiger partial charge >= 0.3 is 0 Å². The third-order valence-corrected chi connectivity index (χ3v) is 3.74. The zero-order valence-corrected chi connectivity index (χ0v) is 12.3. The minimum absolute atomic E-state index is 0.309. The highest BCUT2D eigenvalue weighted by Gasteiger charge is 2.35. The zero-order valence-electron chi connectivity index (χ0n) is 10.7. The second-order valence-corrected chi connectivity index (χ2v) is 6.05. The third kappa shape index (κ3) is 3.55. The molecule has 4 nitrogen and oxygen atoms in total. The van der Waals surface area contributed by atoms with Gasteiger partial charge in [0.25, 0.3) is 0 Å². The zero-order chi connectivity index (χ0) is 13.1. The van der Waals surface area contributed by atoms with Crippen molar-refractivity contribution >= 4 is 34.7 Å². The van der Waals surface area contributed by atoms with Gasteiger partial charge < -0.3 is 10.6 Å². The van der Waals surface area contributed by atoms with E-state index in [-0.39, 0.29) is 0 Å². The highest BCUT2D eigenvalue weighted by Crippen LogP contribution is 2.38. The van der Waals surface area contributed by atoms with Gasteiger partial charge in [-0.05, 0) is 63.0 Å². The largest absolute Gasteiger partial charge is 0.359 e. The van der Waals surface area contributed by atoms with E-state index in [0.29, 0.717) is 28.2 Å². The maximum atomic E-state index is 5.24. The Balaban J connectivity index is 1.67. The smallest absolute Gasteiger partial charge is 0.185 e. The molecular formula is C12H20N4S2. The maximum Gasteiger partial charge on any atom is 0.185 e. The first-order valence-corrected chi connectivity index (χ1v) is 7.17. The van der Waals surface area contributed by atoms with Gasteiger partial charge in [-0.15, -0.1) is 0 Å². The lowest BCUT2D eigenvalue weighted by Gasteiger charge is -2.22. The lowest BCUT2D eigenvalue weighted by molar-refractivity contribution is 0.518. The van der Waals surface area contributed by atoms with E-state index in [9.17, 15) is 0 Å². The van der Waals surface area contributed by atoms with E-state index in [2.05, 4.69) is 33.6 Å². The summed E-state index contributed by atoms with van der Waals surface area (Å²) in [7, 11) is 0. The molecule has 0 saturated heterocycles. The van der Waals surface area contributed by atoms with Crippen molar-refractivity contribution in [3.05, 3.63) is 12.2 Å². The third-order valence-electron chi connectivity index (χ3n) is 3.30.